The number of carbonyl (C=O) groups excluding carboxylic acids is 1. The summed E-state index contributed by atoms with van der Waals surface area (Å²) in [7, 11) is 0. The van der Waals surface area contributed by atoms with Crippen molar-refractivity contribution in [3.8, 4) is 0 Å². The maximum absolute atomic E-state index is 11.5. The molecule has 0 bridgehead atoms. The number of amides is 1. The normalized spacial score (nSPS) is 20.7. The van der Waals surface area contributed by atoms with Crippen molar-refractivity contribution in [2.75, 3.05) is 6.61 Å². The highest BCUT2D eigenvalue weighted by molar-refractivity contribution is 5.84. The highest BCUT2D eigenvalue weighted by atomic mass is 16.5. The molecular formula is C14H28N2O2. The van der Waals surface area contributed by atoms with Gasteiger partial charge in [0.2, 0.25) is 5.91 Å². The van der Waals surface area contributed by atoms with Gasteiger partial charge in [0.05, 0.1) is 11.6 Å². The molecular weight excluding hydrogens is 228 g/mol. The number of primary amides is 1. The van der Waals surface area contributed by atoms with Gasteiger partial charge in [-0.1, -0.05) is 13.8 Å². The van der Waals surface area contributed by atoms with E-state index >= 15 is 0 Å². The van der Waals surface area contributed by atoms with Crippen LogP contribution >= 0.6 is 0 Å². The first-order valence-corrected chi connectivity index (χ1v) is 7.02. The Kier molecular flexibility index (Phi) is 5.60. The summed E-state index contributed by atoms with van der Waals surface area (Å²) in [6.45, 7) is 8.90. The Morgan fingerprint density at radius 3 is 2.50 bits per heavy atom. The molecule has 0 saturated heterocycles. The summed E-state index contributed by atoms with van der Waals surface area (Å²) in [6, 6.07) is 0.468. The zero-order valence-electron chi connectivity index (χ0n) is 12.2. The second-order valence-corrected chi connectivity index (χ2v) is 6.18. The van der Waals surface area contributed by atoms with Crippen molar-refractivity contribution in [3.63, 3.8) is 0 Å². The number of ether oxygens (including phenoxy) is 1. The van der Waals surface area contributed by atoms with Gasteiger partial charge in [-0.15, -0.1) is 0 Å². The summed E-state index contributed by atoms with van der Waals surface area (Å²) in [5.74, 6) is 0.349. The minimum Gasteiger partial charge on any atom is -0.378 e. The van der Waals surface area contributed by atoms with Crippen LogP contribution in [0.25, 0.3) is 0 Å². The number of rotatable bonds is 9. The van der Waals surface area contributed by atoms with E-state index in [1.54, 1.807) is 0 Å². The van der Waals surface area contributed by atoms with Crippen LogP contribution in [0.4, 0.5) is 0 Å². The van der Waals surface area contributed by atoms with Gasteiger partial charge in [-0.25, -0.2) is 0 Å². The smallest absolute Gasteiger partial charge is 0.237 e. The number of hydrogen-bond donors (Lipinski definition) is 2. The van der Waals surface area contributed by atoms with E-state index in [0.29, 0.717) is 25.0 Å². The molecule has 3 N–H and O–H groups in total. The van der Waals surface area contributed by atoms with E-state index in [4.69, 9.17) is 10.5 Å². The van der Waals surface area contributed by atoms with Crippen molar-refractivity contribution in [3.05, 3.63) is 0 Å². The van der Waals surface area contributed by atoms with E-state index in [1.807, 2.05) is 6.92 Å². The average Bonchev–Trinajstić information content (AvgIpc) is 2.99. The Balaban J connectivity index is 2.30. The maximum atomic E-state index is 11.5. The van der Waals surface area contributed by atoms with Crippen molar-refractivity contribution in [2.45, 2.75) is 71.1 Å². The highest BCUT2D eigenvalue weighted by Crippen LogP contribution is 2.24. The second kappa shape index (κ2) is 6.53. The lowest BCUT2D eigenvalue weighted by atomic mass is 9.97. The monoisotopic (exact) mass is 256 g/mol. The van der Waals surface area contributed by atoms with Gasteiger partial charge in [-0.2, -0.15) is 0 Å². The Labute approximate surface area is 111 Å². The van der Waals surface area contributed by atoms with E-state index in [-0.39, 0.29) is 12.0 Å². The van der Waals surface area contributed by atoms with Crippen LogP contribution in [0.5, 0.6) is 0 Å². The fourth-order valence-electron chi connectivity index (χ4n) is 2.14. The molecule has 2 atom stereocenters. The Morgan fingerprint density at radius 1 is 1.44 bits per heavy atom. The van der Waals surface area contributed by atoms with Gasteiger partial charge in [-0.3, -0.25) is 4.79 Å². The predicted molar refractivity (Wildman–Crippen MR) is 73.2 cm³/mol. The second-order valence-electron chi connectivity index (χ2n) is 6.18. The number of carbonyl (C=O) groups is 1. The summed E-state index contributed by atoms with van der Waals surface area (Å²) in [5.41, 5.74) is 4.86. The number of nitrogens with two attached hydrogens (primary N) is 1. The van der Waals surface area contributed by atoms with Crippen molar-refractivity contribution in [1.29, 1.82) is 0 Å². The molecule has 1 rings (SSSR count). The molecule has 18 heavy (non-hydrogen) atoms. The van der Waals surface area contributed by atoms with Gasteiger partial charge in [0.1, 0.15) is 0 Å². The molecule has 1 fully saturated rings. The lowest BCUT2D eigenvalue weighted by Crippen LogP contribution is -2.54. The molecule has 106 valence electrons. The molecule has 1 saturated carbocycles. The van der Waals surface area contributed by atoms with E-state index in [2.05, 4.69) is 26.1 Å². The minimum absolute atomic E-state index is 0.239. The molecule has 0 radical (unpaired) electrons. The van der Waals surface area contributed by atoms with Crippen molar-refractivity contribution >= 4 is 5.91 Å². The molecule has 0 heterocycles. The van der Waals surface area contributed by atoms with Gasteiger partial charge in [0, 0.05) is 12.6 Å². The molecule has 1 amide bonds. The fraction of sp³-hybridized carbons (Fsp3) is 0.929. The molecule has 0 aromatic carbocycles. The van der Waals surface area contributed by atoms with E-state index in [1.165, 1.54) is 0 Å². The number of nitrogens with one attached hydrogen (secondary N) is 1. The first kappa shape index (κ1) is 15.4. The van der Waals surface area contributed by atoms with Gasteiger partial charge in [0.25, 0.3) is 0 Å². The van der Waals surface area contributed by atoms with Crippen molar-refractivity contribution in [2.24, 2.45) is 11.7 Å². The van der Waals surface area contributed by atoms with Gasteiger partial charge >= 0.3 is 0 Å². The number of hydrogen-bond acceptors (Lipinski definition) is 3. The Hall–Kier alpha value is -0.610. The topological polar surface area (TPSA) is 64.3 Å². The molecule has 2 unspecified atom stereocenters. The molecule has 0 aromatic heterocycles. The van der Waals surface area contributed by atoms with E-state index in [0.717, 1.165) is 19.3 Å². The first-order valence-electron chi connectivity index (χ1n) is 7.02. The van der Waals surface area contributed by atoms with Crippen LogP contribution < -0.4 is 11.1 Å². The fourth-order valence-corrected chi connectivity index (χ4v) is 2.14. The SMILES string of the molecule is CC(C)CC(C)OCCC(C)(NC1CC1)C(N)=O. The minimum atomic E-state index is -0.626. The molecule has 0 aromatic rings. The third-order valence-corrected chi connectivity index (χ3v) is 3.45. The average molecular weight is 256 g/mol. The zero-order valence-corrected chi connectivity index (χ0v) is 12.2. The van der Waals surface area contributed by atoms with Crippen LogP contribution in [0.1, 0.15) is 53.4 Å². The summed E-state index contributed by atoms with van der Waals surface area (Å²) < 4.78 is 5.75. The quantitative estimate of drug-likeness (QED) is 0.661. The lowest BCUT2D eigenvalue weighted by molar-refractivity contribution is -0.125. The van der Waals surface area contributed by atoms with Crippen molar-refractivity contribution in [1.82, 2.24) is 5.32 Å². The summed E-state index contributed by atoms with van der Waals surface area (Å²) in [5, 5.41) is 3.33. The highest BCUT2D eigenvalue weighted by Gasteiger charge is 2.36. The largest absolute Gasteiger partial charge is 0.378 e. The summed E-state index contributed by atoms with van der Waals surface area (Å²) in [4.78, 5) is 11.5. The van der Waals surface area contributed by atoms with E-state index < -0.39 is 5.54 Å². The van der Waals surface area contributed by atoms with Gasteiger partial charge in [0.15, 0.2) is 0 Å². The molecule has 0 aliphatic heterocycles. The van der Waals surface area contributed by atoms with Crippen LogP contribution in [0.3, 0.4) is 0 Å². The van der Waals surface area contributed by atoms with Crippen LogP contribution in [0.2, 0.25) is 0 Å². The zero-order chi connectivity index (χ0) is 13.8. The maximum Gasteiger partial charge on any atom is 0.237 e. The van der Waals surface area contributed by atoms with Gasteiger partial charge in [-0.05, 0) is 45.4 Å². The van der Waals surface area contributed by atoms with Crippen molar-refractivity contribution < 1.29 is 9.53 Å². The molecule has 1 aliphatic carbocycles. The standard InChI is InChI=1S/C14H28N2O2/c1-10(2)9-11(3)18-8-7-14(4,13(15)17)16-12-5-6-12/h10-12,16H,5-9H2,1-4H3,(H2,15,17). The predicted octanol–water partition coefficient (Wildman–Crippen LogP) is 1.82. The summed E-state index contributed by atoms with van der Waals surface area (Å²) in [6.07, 6.45) is 4.22. The Morgan fingerprint density at radius 2 is 2.06 bits per heavy atom. The first-order chi connectivity index (χ1) is 8.33. The van der Waals surface area contributed by atoms with Crippen LogP contribution in [-0.2, 0) is 9.53 Å². The molecule has 4 heteroatoms. The van der Waals surface area contributed by atoms with Gasteiger partial charge < -0.3 is 15.8 Å². The summed E-state index contributed by atoms with van der Waals surface area (Å²) >= 11 is 0. The van der Waals surface area contributed by atoms with Crippen LogP contribution in [0, 0.1) is 5.92 Å². The van der Waals surface area contributed by atoms with Crippen LogP contribution in [0.15, 0.2) is 0 Å². The third-order valence-electron chi connectivity index (χ3n) is 3.45. The lowest BCUT2D eigenvalue weighted by Gasteiger charge is -2.28. The molecule has 0 spiro atoms. The molecule has 4 nitrogen and oxygen atoms in total. The van der Waals surface area contributed by atoms with E-state index in [9.17, 15) is 4.79 Å². The third kappa shape index (κ3) is 5.36. The Bertz CT molecular complexity index is 277. The molecule has 1 aliphatic rings. The van der Waals surface area contributed by atoms with Crippen LogP contribution in [-0.4, -0.2) is 30.2 Å².